The largest absolute Gasteiger partial charge is 0.497 e. The van der Waals surface area contributed by atoms with Crippen molar-refractivity contribution in [3.63, 3.8) is 0 Å². The van der Waals surface area contributed by atoms with Crippen molar-refractivity contribution in [2.75, 3.05) is 14.2 Å². The first-order valence-corrected chi connectivity index (χ1v) is 12.4. The van der Waals surface area contributed by atoms with E-state index in [9.17, 15) is 14.7 Å². The first kappa shape index (κ1) is 28.6. The van der Waals surface area contributed by atoms with Crippen LogP contribution in [-0.4, -0.2) is 49.8 Å². The van der Waals surface area contributed by atoms with Crippen molar-refractivity contribution < 1.29 is 43.1 Å². The number of hydrogen-bond acceptors (Lipinski definition) is 8. The normalized spacial score (nSPS) is 20.0. The molecule has 2 aliphatic rings. The number of aliphatic carboxylic acids is 1. The Labute approximate surface area is 222 Å². The number of carbonyl (C=O) groups excluding carboxylic acids is 1. The standard InChI is InChI=1S/C27H28O9.C2H6/c1-14-10-20(17-6-8-18(31-4)9-7-17)34-21-13-22(26(32-5)15(2)25(14)21)35-24-12-19(33-16(3)28)11-23(36-24)27(29)30;1-2/h6-10,13,19,23-24H,1,11-12H2,2-5H3,(H,29,30);1-2H3/t19-,23-,24?;/m0./s1. The van der Waals surface area contributed by atoms with Gasteiger partial charge in [0, 0.05) is 42.5 Å². The average Bonchev–Trinajstić information content (AvgIpc) is 2.89. The average molecular weight is 527 g/mol. The summed E-state index contributed by atoms with van der Waals surface area (Å²) in [5.74, 6) is 0.897. The topological polar surface area (TPSA) is 110 Å². The predicted molar refractivity (Wildman–Crippen MR) is 141 cm³/mol. The molecule has 0 amide bonds. The number of rotatable bonds is 7. The lowest BCUT2D eigenvalue weighted by molar-refractivity contribution is -0.202. The molecule has 9 heteroatoms. The Morgan fingerprint density at radius 2 is 1.76 bits per heavy atom. The van der Waals surface area contributed by atoms with Gasteiger partial charge in [-0.05, 0) is 42.8 Å². The molecule has 38 heavy (non-hydrogen) atoms. The quantitative estimate of drug-likeness (QED) is 0.475. The van der Waals surface area contributed by atoms with Gasteiger partial charge in [0.15, 0.2) is 17.6 Å². The number of allylic oxidation sites excluding steroid dienone is 2. The van der Waals surface area contributed by atoms with Crippen molar-refractivity contribution in [2.24, 2.45) is 0 Å². The number of fused-ring (bicyclic) bond motifs is 1. The lowest BCUT2D eigenvalue weighted by Crippen LogP contribution is -2.43. The molecule has 0 saturated carbocycles. The molecule has 1 unspecified atom stereocenters. The van der Waals surface area contributed by atoms with Gasteiger partial charge in [-0.2, -0.15) is 0 Å². The van der Waals surface area contributed by atoms with Crippen LogP contribution in [0.3, 0.4) is 0 Å². The molecule has 2 aliphatic heterocycles. The SMILES string of the molecule is C=C1C=C(c2ccc(OC)cc2)Oc2cc(OC3C[C@@H](OC(C)=O)C[C@@H](C(=O)O)O3)c(OC)c(C)c21.CC. The van der Waals surface area contributed by atoms with Crippen LogP contribution in [0.1, 0.15) is 50.3 Å². The molecule has 0 aliphatic carbocycles. The third-order valence-electron chi connectivity index (χ3n) is 5.99. The Balaban J connectivity index is 0.00000195. The summed E-state index contributed by atoms with van der Waals surface area (Å²) in [6.07, 6.45) is -0.783. The van der Waals surface area contributed by atoms with E-state index in [1.54, 1.807) is 13.2 Å². The van der Waals surface area contributed by atoms with Gasteiger partial charge in [-0.3, -0.25) is 4.79 Å². The van der Waals surface area contributed by atoms with Crippen molar-refractivity contribution in [1.82, 2.24) is 0 Å². The molecule has 0 radical (unpaired) electrons. The van der Waals surface area contributed by atoms with Crippen molar-refractivity contribution >= 4 is 23.3 Å². The summed E-state index contributed by atoms with van der Waals surface area (Å²) >= 11 is 0. The van der Waals surface area contributed by atoms with Gasteiger partial charge < -0.3 is 33.5 Å². The molecule has 0 bridgehead atoms. The highest BCUT2D eigenvalue weighted by molar-refractivity contribution is 5.90. The van der Waals surface area contributed by atoms with Gasteiger partial charge in [0.2, 0.25) is 6.29 Å². The molecule has 2 aromatic carbocycles. The molecule has 204 valence electrons. The molecular formula is C29H34O9. The van der Waals surface area contributed by atoms with Crippen LogP contribution in [0.25, 0.3) is 11.3 Å². The van der Waals surface area contributed by atoms with Crippen molar-refractivity contribution in [3.05, 3.63) is 59.7 Å². The third-order valence-corrected chi connectivity index (χ3v) is 5.99. The molecule has 4 rings (SSSR count). The molecule has 0 spiro atoms. The van der Waals surface area contributed by atoms with Crippen LogP contribution in [0, 0.1) is 6.92 Å². The minimum absolute atomic E-state index is 0.0358. The Bertz CT molecular complexity index is 1210. The van der Waals surface area contributed by atoms with Crippen LogP contribution < -0.4 is 18.9 Å². The maximum atomic E-state index is 11.6. The number of carboxylic acid groups (broad SMARTS) is 1. The predicted octanol–water partition coefficient (Wildman–Crippen LogP) is 5.39. The van der Waals surface area contributed by atoms with E-state index in [1.165, 1.54) is 14.0 Å². The summed E-state index contributed by atoms with van der Waals surface area (Å²) in [5, 5.41) is 9.49. The summed E-state index contributed by atoms with van der Waals surface area (Å²) in [5.41, 5.74) is 3.08. The molecule has 1 N–H and O–H groups in total. The first-order valence-electron chi connectivity index (χ1n) is 12.4. The molecule has 1 saturated heterocycles. The molecule has 2 heterocycles. The van der Waals surface area contributed by atoms with E-state index in [4.69, 9.17) is 28.4 Å². The zero-order chi connectivity index (χ0) is 28.0. The van der Waals surface area contributed by atoms with E-state index in [-0.39, 0.29) is 12.8 Å². The molecule has 1 fully saturated rings. The van der Waals surface area contributed by atoms with Gasteiger partial charge in [-0.1, -0.05) is 20.4 Å². The summed E-state index contributed by atoms with van der Waals surface area (Å²) in [4.78, 5) is 23.1. The second-order valence-corrected chi connectivity index (χ2v) is 8.48. The van der Waals surface area contributed by atoms with Crippen LogP contribution in [0.5, 0.6) is 23.0 Å². The zero-order valence-electron chi connectivity index (χ0n) is 22.5. The maximum absolute atomic E-state index is 11.6. The number of methoxy groups -OCH3 is 2. The lowest BCUT2D eigenvalue weighted by Gasteiger charge is -2.33. The highest BCUT2D eigenvalue weighted by Gasteiger charge is 2.37. The zero-order valence-corrected chi connectivity index (χ0v) is 22.5. The van der Waals surface area contributed by atoms with E-state index >= 15 is 0 Å². The number of esters is 1. The smallest absolute Gasteiger partial charge is 0.333 e. The Morgan fingerprint density at radius 3 is 2.34 bits per heavy atom. The molecule has 3 atom stereocenters. The summed E-state index contributed by atoms with van der Waals surface area (Å²) < 4.78 is 34.0. The number of ether oxygens (including phenoxy) is 6. The number of carboxylic acids is 1. The second kappa shape index (κ2) is 12.5. The Kier molecular flexibility index (Phi) is 9.41. The van der Waals surface area contributed by atoms with E-state index < -0.39 is 30.4 Å². The van der Waals surface area contributed by atoms with Crippen LogP contribution >= 0.6 is 0 Å². The molecule has 2 aromatic rings. The van der Waals surface area contributed by atoms with Gasteiger partial charge in [0.05, 0.1) is 14.2 Å². The molecule has 9 nitrogen and oxygen atoms in total. The van der Waals surface area contributed by atoms with Crippen molar-refractivity contribution in [2.45, 2.75) is 59.0 Å². The Hall–Kier alpha value is -3.98. The van der Waals surface area contributed by atoms with Crippen molar-refractivity contribution in [3.8, 4) is 23.0 Å². The Morgan fingerprint density at radius 1 is 1.08 bits per heavy atom. The fraction of sp³-hybridized carbons (Fsp3) is 0.379. The monoisotopic (exact) mass is 526 g/mol. The van der Waals surface area contributed by atoms with E-state index in [0.29, 0.717) is 23.0 Å². The van der Waals surface area contributed by atoms with Crippen LogP contribution in [0.2, 0.25) is 0 Å². The fourth-order valence-electron chi connectivity index (χ4n) is 4.39. The number of hydrogen-bond donors (Lipinski definition) is 1. The maximum Gasteiger partial charge on any atom is 0.333 e. The van der Waals surface area contributed by atoms with Crippen LogP contribution in [-0.2, 0) is 19.1 Å². The summed E-state index contributed by atoms with van der Waals surface area (Å²) in [7, 11) is 3.11. The van der Waals surface area contributed by atoms with Crippen LogP contribution in [0.4, 0.5) is 0 Å². The van der Waals surface area contributed by atoms with Gasteiger partial charge in [-0.15, -0.1) is 0 Å². The third kappa shape index (κ3) is 6.28. The summed E-state index contributed by atoms with van der Waals surface area (Å²) in [6, 6.07) is 9.11. The summed E-state index contributed by atoms with van der Waals surface area (Å²) in [6.45, 7) is 11.3. The van der Waals surface area contributed by atoms with E-state index in [0.717, 1.165) is 28.0 Å². The van der Waals surface area contributed by atoms with Crippen molar-refractivity contribution in [1.29, 1.82) is 0 Å². The second-order valence-electron chi connectivity index (χ2n) is 8.48. The molecule has 0 aromatic heterocycles. The minimum Gasteiger partial charge on any atom is -0.497 e. The highest BCUT2D eigenvalue weighted by atomic mass is 16.7. The van der Waals surface area contributed by atoms with E-state index in [1.807, 2.05) is 51.1 Å². The lowest BCUT2D eigenvalue weighted by atomic mass is 9.95. The number of carbonyl (C=O) groups is 2. The first-order chi connectivity index (χ1) is 18.2. The van der Waals surface area contributed by atoms with Crippen LogP contribution in [0.15, 0.2) is 43.0 Å². The van der Waals surface area contributed by atoms with Gasteiger partial charge in [0.1, 0.15) is 23.4 Å². The minimum atomic E-state index is -1.18. The number of benzene rings is 2. The molecular weight excluding hydrogens is 492 g/mol. The van der Waals surface area contributed by atoms with Gasteiger partial charge >= 0.3 is 11.9 Å². The van der Waals surface area contributed by atoms with E-state index in [2.05, 4.69) is 6.58 Å². The fourth-order valence-corrected chi connectivity index (χ4v) is 4.39. The van der Waals surface area contributed by atoms with Gasteiger partial charge in [0.25, 0.3) is 0 Å². The highest BCUT2D eigenvalue weighted by Crippen LogP contribution is 2.47. The van der Waals surface area contributed by atoms with Gasteiger partial charge in [-0.25, -0.2) is 4.79 Å².